The second-order valence-electron chi connectivity index (χ2n) is 6.27. The van der Waals surface area contributed by atoms with Crippen molar-refractivity contribution in [2.24, 2.45) is 0 Å². The summed E-state index contributed by atoms with van der Waals surface area (Å²) in [7, 11) is 0. The smallest absolute Gasteiger partial charge is 0.314 e. The van der Waals surface area contributed by atoms with Crippen molar-refractivity contribution in [2.75, 3.05) is 13.1 Å². The highest BCUT2D eigenvalue weighted by molar-refractivity contribution is 5.73. The summed E-state index contributed by atoms with van der Waals surface area (Å²) < 4.78 is 15.2. The number of carbonyl (C=O) groups is 1. The molecule has 5 nitrogen and oxygen atoms in total. The molecule has 2 aromatic carbocycles. The van der Waals surface area contributed by atoms with Gasteiger partial charge in [-0.05, 0) is 29.7 Å². The van der Waals surface area contributed by atoms with E-state index in [0.29, 0.717) is 25.9 Å². The lowest BCUT2D eigenvalue weighted by atomic mass is 10.1. The van der Waals surface area contributed by atoms with Crippen LogP contribution in [-0.4, -0.2) is 28.7 Å². The maximum Gasteiger partial charge on any atom is 0.314 e. The standard InChI is InChI=1S/C21H23FN4O/c22-19-8-4-7-17(15-19)9-11-24-21(27)25-12-10-20-23-13-14-26(20)16-18-5-2-1-3-6-18/h1-8,13-15H,9-12,16H2,(H2,24,25,27). The molecule has 0 fully saturated rings. The highest BCUT2D eigenvalue weighted by Gasteiger charge is 2.05. The van der Waals surface area contributed by atoms with E-state index in [1.54, 1.807) is 12.3 Å². The van der Waals surface area contributed by atoms with Crippen molar-refractivity contribution in [3.05, 3.63) is 89.8 Å². The first-order chi connectivity index (χ1) is 13.2. The number of nitrogens with zero attached hydrogens (tertiary/aromatic N) is 2. The second kappa shape index (κ2) is 9.52. The molecule has 1 aromatic heterocycles. The summed E-state index contributed by atoms with van der Waals surface area (Å²) in [5.74, 6) is 0.668. The number of rotatable bonds is 8. The highest BCUT2D eigenvalue weighted by Crippen LogP contribution is 2.06. The number of urea groups is 1. The van der Waals surface area contributed by atoms with Crippen LogP contribution in [0.2, 0.25) is 0 Å². The van der Waals surface area contributed by atoms with Crippen LogP contribution in [0.4, 0.5) is 9.18 Å². The molecular weight excluding hydrogens is 343 g/mol. The van der Waals surface area contributed by atoms with E-state index < -0.39 is 0 Å². The minimum absolute atomic E-state index is 0.229. The van der Waals surface area contributed by atoms with E-state index in [-0.39, 0.29) is 11.8 Å². The van der Waals surface area contributed by atoms with Gasteiger partial charge in [-0.15, -0.1) is 0 Å². The van der Waals surface area contributed by atoms with Crippen molar-refractivity contribution in [1.29, 1.82) is 0 Å². The van der Waals surface area contributed by atoms with E-state index >= 15 is 0 Å². The molecule has 3 rings (SSSR count). The molecule has 0 aliphatic carbocycles. The number of carbonyl (C=O) groups excluding carboxylic acids is 1. The SMILES string of the molecule is O=C(NCCc1cccc(F)c1)NCCc1nccn1Cc1ccccc1. The third kappa shape index (κ3) is 5.95. The average Bonchev–Trinajstić information content (AvgIpc) is 3.10. The van der Waals surface area contributed by atoms with Gasteiger partial charge in [0.15, 0.2) is 0 Å². The van der Waals surface area contributed by atoms with Gasteiger partial charge in [-0.2, -0.15) is 0 Å². The summed E-state index contributed by atoms with van der Waals surface area (Å²) in [6.07, 6.45) is 4.96. The molecular formula is C21H23FN4O. The number of hydrogen-bond donors (Lipinski definition) is 2. The largest absolute Gasteiger partial charge is 0.338 e. The predicted molar refractivity (Wildman–Crippen MR) is 103 cm³/mol. The third-order valence-corrected chi connectivity index (χ3v) is 4.22. The monoisotopic (exact) mass is 366 g/mol. The molecule has 0 aliphatic heterocycles. The molecule has 0 saturated heterocycles. The van der Waals surface area contributed by atoms with Crippen molar-refractivity contribution in [3.8, 4) is 0 Å². The minimum Gasteiger partial charge on any atom is -0.338 e. The molecule has 2 amide bonds. The summed E-state index contributed by atoms with van der Waals surface area (Å²) >= 11 is 0. The number of imidazole rings is 1. The molecule has 0 radical (unpaired) electrons. The Kier molecular flexibility index (Phi) is 6.57. The third-order valence-electron chi connectivity index (χ3n) is 4.22. The van der Waals surface area contributed by atoms with E-state index in [4.69, 9.17) is 0 Å². The van der Waals surface area contributed by atoms with Gasteiger partial charge in [0, 0.05) is 38.4 Å². The van der Waals surface area contributed by atoms with Gasteiger partial charge >= 0.3 is 6.03 Å². The zero-order chi connectivity index (χ0) is 18.9. The first kappa shape index (κ1) is 18.6. The van der Waals surface area contributed by atoms with Crippen molar-refractivity contribution in [3.63, 3.8) is 0 Å². The summed E-state index contributed by atoms with van der Waals surface area (Å²) in [5, 5.41) is 5.62. The van der Waals surface area contributed by atoms with Crippen LogP contribution in [0.1, 0.15) is 17.0 Å². The van der Waals surface area contributed by atoms with Gasteiger partial charge in [0.05, 0.1) is 0 Å². The number of benzene rings is 2. The van der Waals surface area contributed by atoms with Crippen molar-refractivity contribution in [2.45, 2.75) is 19.4 Å². The van der Waals surface area contributed by atoms with Crippen LogP contribution >= 0.6 is 0 Å². The minimum atomic E-state index is -0.261. The fraction of sp³-hybridized carbons (Fsp3) is 0.238. The van der Waals surface area contributed by atoms with E-state index in [2.05, 4.69) is 32.3 Å². The topological polar surface area (TPSA) is 59.0 Å². The zero-order valence-electron chi connectivity index (χ0n) is 15.1. The molecule has 0 bridgehead atoms. The molecule has 1 heterocycles. The Bertz CT molecular complexity index is 863. The quantitative estimate of drug-likeness (QED) is 0.643. The molecule has 0 atom stereocenters. The van der Waals surface area contributed by atoms with Crippen LogP contribution < -0.4 is 10.6 Å². The van der Waals surface area contributed by atoms with Gasteiger partial charge in [-0.25, -0.2) is 14.2 Å². The molecule has 27 heavy (non-hydrogen) atoms. The fourth-order valence-corrected chi connectivity index (χ4v) is 2.86. The van der Waals surface area contributed by atoms with Crippen LogP contribution in [0.15, 0.2) is 67.0 Å². The second-order valence-corrected chi connectivity index (χ2v) is 6.27. The molecule has 3 aromatic rings. The van der Waals surface area contributed by atoms with Gasteiger partial charge in [0.2, 0.25) is 0 Å². The maximum atomic E-state index is 13.1. The molecule has 0 unspecified atom stereocenters. The Morgan fingerprint density at radius 3 is 2.48 bits per heavy atom. The van der Waals surface area contributed by atoms with Gasteiger partial charge in [-0.3, -0.25) is 0 Å². The first-order valence-electron chi connectivity index (χ1n) is 9.01. The van der Waals surface area contributed by atoms with E-state index in [9.17, 15) is 9.18 Å². The average molecular weight is 366 g/mol. The Morgan fingerprint density at radius 2 is 1.70 bits per heavy atom. The Balaban J connectivity index is 1.38. The van der Waals surface area contributed by atoms with Crippen molar-refractivity contribution in [1.82, 2.24) is 20.2 Å². The van der Waals surface area contributed by atoms with Gasteiger partial charge in [0.1, 0.15) is 11.6 Å². The van der Waals surface area contributed by atoms with Gasteiger partial charge in [-0.1, -0.05) is 42.5 Å². The van der Waals surface area contributed by atoms with Crippen LogP contribution in [0, 0.1) is 5.82 Å². The van der Waals surface area contributed by atoms with E-state index in [1.807, 2.05) is 30.5 Å². The predicted octanol–water partition coefficient (Wildman–Crippen LogP) is 3.15. The van der Waals surface area contributed by atoms with Crippen molar-refractivity contribution >= 4 is 6.03 Å². The Labute approximate surface area is 158 Å². The number of nitrogens with one attached hydrogen (secondary N) is 2. The molecule has 0 aliphatic rings. The van der Waals surface area contributed by atoms with Crippen LogP contribution in [0.25, 0.3) is 0 Å². The summed E-state index contributed by atoms with van der Waals surface area (Å²) in [6, 6.07) is 16.3. The van der Waals surface area contributed by atoms with Crippen molar-refractivity contribution < 1.29 is 9.18 Å². The number of aromatic nitrogens is 2. The lowest BCUT2D eigenvalue weighted by molar-refractivity contribution is 0.241. The van der Waals surface area contributed by atoms with E-state index in [1.165, 1.54) is 17.7 Å². The Morgan fingerprint density at radius 1 is 0.963 bits per heavy atom. The number of hydrogen-bond acceptors (Lipinski definition) is 2. The summed E-state index contributed by atoms with van der Waals surface area (Å²) in [5.41, 5.74) is 2.07. The highest BCUT2D eigenvalue weighted by atomic mass is 19.1. The lowest BCUT2D eigenvalue weighted by Gasteiger charge is -2.10. The fourth-order valence-electron chi connectivity index (χ4n) is 2.86. The molecule has 2 N–H and O–H groups in total. The summed E-state index contributed by atoms with van der Waals surface area (Å²) in [6.45, 7) is 1.71. The van der Waals surface area contributed by atoms with Crippen LogP contribution in [0.5, 0.6) is 0 Å². The summed E-state index contributed by atoms with van der Waals surface area (Å²) in [4.78, 5) is 16.3. The van der Waals surface area contributed by atoms with Crippen LogP contribution in [-0.2, 0) is 19.4 Å². The zero-order valence-corrected chi connectivity index (χ0v) is 15.1. The van der Waals surface area contributed by atoms with Crippen LogP contribution in [0.3, 0.4) is 0 Å². The molecule has 0 spiro atoms. The number of halogens is 1. The normalized spacial score (nSPS) is 10.6. The number of amides is 2. The van der Waals surface area contributed by atoms with Gasteiger partial charge in [0.25, 0.3) is 0 Å². The Hall–Kier alpha value is -3.15. The van der Waals surface area contributed by atoms with E-state index in [0.717, 1.165) is 17.9 Å². The molecule has 0 saturated carbocycles. The van der Waals surface area contributed by atoms with Gasteiger partial charge < -0.3 is 15.2 Å². The lowest BCUT2D eigenvalue weighted by Crippen LogP contribution is -2.37. The first-order valence-corrected chi connectivity index (χ1v) is 9.01. The molecule has 6 heteroatoms. The molecule has 140 valence electrons. The maximum absolute atomic E-state index is 13.1.